The van der Waals surface area contributed by atoms with E-state index in [0.29, 0.717) is 6.04 Å². The molecule has 3 atom stereocenters. The van der Waals surface area contributed by atoms with Crippen LogP contribution >= 0.6 is 0 Å². The first-order valence-corrected chi connectivity index (χ1v) is 7.33. The van der Waals surface area contributed by atoms with Crippen molar-refractivity contribution in [2.75, 3.05) is 13.7 Å². The molecule has 1 N–H and O–H groups in total. The predicted molar refractivity (Wildman–Crippen MR) is 77.7 cm³/mol. The lowest BCUT2D eigenvalue weighted by Crippen LogP contribution is -2.60. The summed E-state index contributed by atoms with van der Waals surface area (Å²) >= 11 is 0. The molecular formula is C16H25NO2. The molecule has 106 valence electrons. The van der Waals surface area contributed by atoms with Gasteiger partial charge in [-0.3, -0.25) is 0 Å². The highest BCUT2D eigenvalue weighted by molar-refractivity contribution is 5.29. The third-order valence-electron chi connectivity index (χ3n) is 3.73. The summed E-state index contributed by atoms with van der Waals surface area (Å²) in [6, 6.07) is 8.78. The number of likely N-dealkylation sites (N-methyl/N-ethyl adjacent to an activating group) is 1. The van der Waals surface area contributed by atoms with Crippen molar-refractivity contribution < 1.29 is 9.47 Å². The molecule has 0 amide bonds. The molecule has 19 heavy (non-hydrogen) atoms. The molecule has 1 fully saturated rings. The summed E-state index contributed by atoms with van der Waals surface area (Å²) in [6.45, 7) is 5.10. The Morgan fingerprint density at radius 2 is 2.16 bits per heavy atom. The number of hydrogen-bond donors (Lipinski definition) is 1. The monoisotopic (exact) mass is 263 g/mol. The molecule has 3 unspecified atom stereocenters. The Morgan fingerprint density at radius 3 is 2.84 bits per heavy atom. The molecule has 0 spiro atoms. The SMILES string of the molecule is CCCOC1C(NC)CC1Oc1cccc(CC)c1. The standard InChI is InChI=1S/C16H25NO2/c1-4-9-18-16-14(17-3)11-15(16)19-13-8-6-7-12(5-2)10-13/h6-8,10,14-17H,4-5,9,11H2,1-3H3. The molecule has 2 rings (SSSR count). The van der Waals surface area contributed by atoms with Gasteiger partial charge in [0.05, 0.1) is 0 Å². The lowest BCUT2D eigenvalue weighted by molar-refractivity contribution is -0.106. The van der Waals surface area contributed by atoms with Crippen LogP contribution in [0, 0.1) is 0 Å². The van der Waals surface area contributed by atoms with E-state index in [9.17, 15) is 0 Å². The minimum absolute atomic E-state index is 0.176. The predicted octanol–water partition coefficient (Wildman–Crippen LogP) is 2.78. The van der Waals surface area contributed by atoms with E-state index in [1.807, 2.05) is 13.1 Å². The number of benzene rings is 1. The van der Waals surface area contributed by atoms with Gasteiger partial charge in [0, 0.05) is 19.1 Å². The zero-order valence-corrected chi connectivity index (χ0v) is 12.2. The Balaban J connectivity index is 1.94. The van der Waals surface area contributed by atoms with Crippen molar-refractivity contribution in [2.45, 2.75) is 51.4 Å². The van der Waals surface area contributed by atoms with Crippen LogP contribution in [0.4, 0.5) is 0 Å². The van der Waals surface area contributed by atoms with Gasteiger partial charge in [-0.2, -0.15) is 0 Å². The zero-order chi connectivity index (χ0) is 13.7. The average Bonchev–Trinajstić information content (AvgIpc) is 2.43. The highest BCUT2D eigenvalue weighted by Crippen LogP contribution is 2.29. The van der Waals surface area contributed by atoms with Gasteiger partial charge in [-0.15, -0.1) is 0 Å². The van der Waals surface area contributed by atoms with Crippen LogP contribution in [0.15, 0.2) is 24.3 Å². The van der Waals surface area contributed by atoms with Crippen LogP contribution in [-0.2, 0) is 11.2 Å². The van der Waals surface area contributed by atoms with Gasteiger partial charge in [0.15, 0.2) is 0 Å². The van der Waals surface area contributed by atoms with Crippen LogP contribution in [0.3, 0.4) is 0 Å². The number of rotatable bonds is 7. The lowest BCUT2D eigenvalue weighted by atomic mass is 9.85. The Labute approximate surface area is 116 Å². The third kappa shape index (κ3) is 3.48. The Kier molecular flexibility index (Phi) is 5.23. The summed E-state index contributed by atoms with van der Waals surface area (Å²) in [6.07, 6.45) is 3.45. The van der Waals surface area contributed by atoms with Gasteiger partial charge in [-0.25, -0.2) is 0 Å². The summed E-state index contributed by atoms with van der Waals surface area (Å²) in [5, 5.41) is 3.29. The molecule has 0 heterocycles. The highest BCUT2D eigenvalue weighted by atomic mass is 16.5. The fourth-order valence-electron chi connectivity index (χ4n) is 2.47. The largest absolute Gasteiger partial charge is 0.488 e. The van der Waals surface area contributed by atoms with Crippen molar-refractivity contribution in [3.05, 3.63) is 29.8 Å². The Bertz CT molecular complexity index is 394. The first kappa shape index (κ1) is 14.4. The fraction of sp³-hybridized carbons (Fsp3) is 0.625. The fourth-order valence-corrected chi connectivity index (χ4v) is 2.47. The van der Waals surface area contributed by atoms with Crippen molar-refractivity contribution in [1.82, 2.24) is 5.32 Å². The topological polar surface area (TPSA) is 30.5 Å². The highest BCUT2D eigenvalue weighted by Gasteiger charge is 2.42. The molecule has 0 aliphatic heterocycles. The van der Waals surface area contributed by atoms with Crippen molar-refractivity contribution in [2.24, 2.45) is 0 Å². The van der Waals surface area contributed by atoms with Crippen LogP contribution < -0.4 is 10.1 Å². The smallest absolute Gasteiger partial charge is 0.128 e. The second-order valence-electron chi connectivity index (χ2n) is 5.12. The van der Waals surface area contributed by atoms with Gasteiger partial charge in [-0.05, 0) is 37.6 Å². The Morgan fingerprint density at radius 1 is 1.32 bits per heavy atom. The van der Waals surface area contributed by atoms with Crippen molar-refractivity contribution in [3.8, 4) is 5.75 Å². The summed E-state index contributed by atoms with van der Waals surface area (Å²) in [5.41, 5.74) is 1.31. The van der Waals surface area contributed by atoms with Gasteiger partial charge in [-0.1, -0.05) is 26.0 Å². The first-order chi connectivity index (χ1) is 9.28. The van der Waals surface area contributed by atoms with E-state index in [2.05, 4.69) is 37.4 Å². The quantitative estimate of drug-likeness (QED) is 0.820. The molecule has 1 aliphatic rings. The maximum Gasteiger partial charge on any atom is 0.128 e. The third-order valence-corrected chi connectivity index (χ3v) is 3.73. The second kappa shape index (κ2) is 6.92. The molecule has 3 heteroatoms. The van der Waals surface area contributed by atoms with E-state index in [1.54, 1.807) is 0 Å². The average molecular weight is 263 g/mol. The first-order valence-electron chi connectivity index (χ1n) is 7.33. The van der Waals surface area contributed by atoms with Gasteiger partial charge in [0.2, 0.25) is 0 Å². The molecule has 0 aromatic heterocycles. The molecule has 0 bridgehead atoms. The number of hydrogen-bond acceptors (Lipinski definition) is 3. The van der Waals surface area contributed by atoms with Crippen LogP contribution in [0.1, 0.15) is 32.3 Å². The summed E-state index contributed by atoms with van der Waals surface area (Å²) in [7, 11) is 1.99. The lowest BCUT2D eigenvalue weighted by Gasteiger charge is -2.43. The van der Waals surface area contributed by atoms with Crippen LogP contribution in [0.5, 0.6) is 5.75 Å². The summed E-state index contributed by atoms with van der Waals surface area (Å²) < 4.78 is 12.0. The molecule has 1 aliphatic carbocycles. The van der Waals surface area contributed by atoms with Gasteiger partial charge in [0.1, 0.15) is 18.0 Å². The minimum Gasteiger partial charge on any atom is -0.488 e. The van der Waals surface area contributed by atoms with Gasteiger partial charge in [0.25, 0.3) is 0 Å². The van der Waals surface area contributed by atoms with Crippen molar-refractivity contribution >= 4 is 0 Å². The van der Waals surface area contributed by atoms with Crippen LogP contribution in [0.25, 0.3) is 0 Å². The van der Waals surface area contributed by atoms with Crippen LogP contribution in [0.2, 0.25) is 0 Å². The van der Waals surface area contributed by atoms with Gasteiger partial charge >= 0.3 is 0 Å². The van der Waals surface area contributed by atoms with E-state index < -0.39 is 0 Å². The van der Waals surface area contributed by atoms with Crippen LogP contribution in [-0.4, -0.2) is 31.9 Å². The normalized spacial score (nSPS) is 25.9. The Hall–Kier alpha value is -1.06. The molecule has 1 aromatic rings. The molecule has 0 saturated heterocycles. The minimum atomic E-state index is 0.176. The van der Waals surface area contributed by atoms with E-state index in [0.717, 1.165) is 31.6 Å². The number of ether oxygens (including phenoxy) is 2. The van der Waals surface area contributed by atoms with Gasteiger partial charge < -0.3 is 14.8 Å². The van der Waals surface area contributed by atoms with Crippen molar-refractivity contribution in [3.63, 3.8) is 0 Å². The van der Waals surface area contributed by atoms with Crippen molar-refractivity contribution in [1.29, 1.82) is 0 Å². The molecule has 0 radical (unpaired) electrons. The number of nitrogens with one attached hydrogen (secondary N) is 1. The van der Waals surface area contributed by atoms with E-state index in [4.69, 9.17) is 9.47 Å². The molecule has 1 aromatic carbocycles. The van der Waals surface area contributed by atoms with E-state index >= 15 is 0 Å². The molecule has 1 saturated carbocycles. The maximum absolute atomic E-state index is 6.07. The second-order valence-corrected chi connectivity index (χ2v) is 5.12. The maximum atomic E-state index is 6.07. The summed E-state index contributed by atoms with van der Waals surface area (Å²) in [4.78, 5) is 0. The van der Waals surface area contributed by atoms with E-state index in [1.165, 1.54) is 5.56 Å². The molecular weight excluding hydrogens is 238 g/mol. The molecule has 3 nitrogen and oxygen atoms in total. The number of aryl methyl sites for hydroxylation is 1. The zero-order valence-electron chi connectivity index (χ0n) is 12.2. The summed E-state index contributed by atoms with van der Waals surface area (Å²) in [5.74, 6) is 0.962. The van der Waals surface area contributed by atoms with E-state index in [-0.39, 0.29) is 12.2 Å².